The molecule has 37 heavy (non-hydrogen) atoms. The van der Waals surface area contributed by atoms with Gasteiger partial charge in [-0.1, -0.05) is 43.2 Å². The number of esters is 1. The number of hydrogen-bond donors (Lipinski definition) is 0. The third-order valence-corrected chi connectivity index (χ3v) is 9.36. The molecule has 1 heterocycles. The zero-order chi connectivity index (χ0) is 25.9. The van der Waals surface area contributed by atoms with Crippen molar-refractivity contribution in [3.63, 3.8) is 0 Å². The maximum absolute atomic E-state index is 14.2. The second kappa shape index (κ2) is 9.94. The van der Waals surface area contributed by atoms with E-state index < -0.39 is 26.1 Å². The summed E-state index contributed by atoms with van der Waals surface area (Å²) in [7, 11) is -4.16. The van der Waals surface area contributed by atoms with E-state index in [0.29, 0.717) is 37.2 Å². The van der Waals surface area contributed by atoms with Crippen LogP contribution in [0, 0.1) is 11.2 Å². The second-order valence-corrected chi connectivity index (χ2v) is 11.3. The summed E-state index contributed by atoms with van der Waals surface area (Å²) in [6, 6.07) is 20.8. The first-order chi connectivity index (χ1) is 17.9. The van der Waals surface area contributed by atoms with E-state index in [1.807, 2.05) is 30.3 Å². The number of allylic oxidation sites excluding steroid dienone is 1. The summed E-state index contributed by atoms with van der Waals surface area (Å²) in [6.45, 7) is 0.0560. The van der Waals surface area contributed by atoms with Crippen molar-refractivity contribution in [1.29, 1.82) is 0 Å². The molecule has 1 unspecified atom stereocenters. The summed E-state index contributed by atoms with van der Waals surface area (Å²) in [5.41, 5.74) is -0.518. The molecule has 1 atom stereocenters. The van der Waals surface area contributed by atoms with E-state index in [0.717, 1.165) is 5.56 Å². The smallest absolute Gasteiger partial charge is 0.316 e. The summed E-state index contributed by atoms with van der Waals surface area (Å²) in [4.78, 5) is 16.3. The fourth-order valence-corrected chi connectivity index (χ4v) is 7.24. The van der Waals surface area contributed by atoms with Crippen molar-refractivity contribution < 1.29 is 27.1 Å². The van der Waals surface area contributed by atoms with Gasteiger partial charge in [-0.2, -0.15) is 0 Å². The Balaban J connectivity index is 1.45. The molecule has 0 spiro atoms. The highest BCUT2D eigenvalue weighted by molar-refractivity contribution is 7.93. The van der Waals surface area contributed by atoms with Crippen LogP contribution in [0.15, 0.2) is 101 Å². The van der Waals surface area contributed by atoms with Gasteiger partial charge in [-0.15, -0.1) is 0 Å². The SMILES string of the molecule is O=C(OCc1ccccc1)C1(C2(S(=O)(=O)c3ccc(Oc4ccc(F)cc4)cc3)C=CC=N2)CCCC1. The summed E-state index contributed by atoms with van der Waals surface area (Å²) < 4.78 is 53.0. The van der Waals surface area contributed by atoms with Crippen LogP contribution in [0.2, 0.25) is 0 Å². The molecule has 5 rings (SSSR count). The molecule has 8 heteroatoms. The highest BCUT2D eigenvalue weighted by Gasteiger charge is 2.65. The number of rotatable bonds is 8. The van der Waals surface area contributed by atoms with E-state index in [-0.39, 0.29) is 17.3 Å². The van der Waals surface area contributed by atoms with Crippen LogP contribution in [0.1, 0.15) is 31.2 Å². The lowest BCUT2D eigenvalue weighted by molar-refractivity contribution is -0.158. The first-order valence-corrected chi connectivity index (χ1v) is 13.6. The molecular formula is C29H26FNO5S. The summed E-state index contributed by atoms with van der Waals surface area (Å²) in [6.07, 6.45) is 6.64. The average molecular weight is 520 g/mol. The van der Waals surface area contributed by atoms with E-state index >= 15 is 0 Å². The maximum atomic E-state index is 14.2. The molecule has 6 nitrogen and oxygen atoms in total. The van der Waals surface area contributed by atoms with Crippen LogP contribution in [0.5, 0.6) is 11.5 Å². The fourth-order valence-electron chi connectivity index (χ4n) is 5.12. The van der Waals surface area contributed by atoms with Crippen LogP contribution in [-0.2, 0) is 26.0 Å². The van der Waals surface area contributed by atoms with Gasteiger partial charge in [-0.05, 0) is 79.1 Å². The Hall–Kier alpha value is -3.78. The molecule has 190 valence electrons. The topological polar surface area (TPSA) is 82.0 Å². The minimum absolute atomic E-state index is 0.0183. The molecular weight excluding hydrogens is 493 g/mol. The van der Waals surface area contributed by atoms with Gasteiger partial charge in [0.1, 0.15) is 29.3 Å². The van der Waals surface area contributed by atoms with Crippen molar-refractivity contribution in [2.45, 2.75) is 42.1 Å². The van der Waals surface area contributed by atoms with Gasteiger partial charge in [0.2, 0.25) is 9.84 Å². The van der Waals surface area contributed by atoms with Crippen LogP contribution in [0.4, 0.5) is 4.39 Å². The number of hydrogen-bond acceptors (Lipinski definition) is 6. The zero-order valence-electron chi connectivity index (χ0n) is 20.0. The van der Waals surface area contributed by atoms with Gasteiger partial charge in [-0.3, -0.25) is 9.79 Å². The summed E-state index contributed by atoms with van der Waals surface area (Å²) in [5, 5.41) is 0. The minimum Gasteiger partial charge on any atom is -0.460 e. The monoisotopic (exact) mass is 519 g/mol. The Morgan fingerprint density at radius 1 is 0.892 bits per heavy atom. The molecule has 3 aromatic rings. The Morgan fingerprint density at radius 3 is 2.11 bits per heavy atom. The largest absolute Gasteiger partial charge is 0.460 e. The molecule has 1 aliphatic carbocycles. The van der Waals surface area contributed by atoms with E-state index in [2.05, 4.69) is 4.99 Å². The lowest BCUT2D eigenvalue weighted by atomic mass is 9.78. The van der Waals surface area contributed by atoms with Crippen molar-refractivity contribution in [3.05, 3.63) is 102 Å². The van der Waals surface area contributed by atoms with E-state index in [1.165, 1.54) is 60.8 Å². The second-order valence-electron chi connectivity index (χ2n) is 9.22. The van der Waals surface area contributed by atoms with Gasteiger partial charge in [0.15, 0.2) is 4.87 Å². The van der Waals surface area contributed by atoms with Crippen molar-refractivity contribution in [2.24, 2.45) is 10.4 Å². The molecule has 0 radical (unpaired) electrons. The Kier molecular flexibility index (Phi) is 6.69. The fraction of sp³-hybridized carbons (Fsp3) is 0.241. The standard InChI is InChI=1S/C29H26FNO5S/c30-23-9-11-24(12-10-23)36-25-13-15-26(16-14-25)37(33,34)29(19-6-20-31-29)28(17-4-5-18-28)27(32)35-21-22-7-2-1-3-8-22/h1-3,6-16,19-20H,4-5,17-18,21H2. The first kappa shape index (κ1) is 24.9. The average Bonchev–Trinajstić information content (AvgIpc) is 3.62. The Morgan fingerprint density at radius 2 is 1.51 bits per heavy atom. The van der Waals surface area contributed by atoms with Crippen molar-refractivity contribution in [2.75, 3.05) is 0 Å². The molecule has 2 aliphatic rings. The molecule has 0 aromatic heterocycles. The third-order valence-electron chi connectivity index (χ3n) is 7.01. The van der Waals surface area contributed by atoms with Crippen LogP contribution < -0.4 is 4.74 Å². The lowest BCUT2D eigenvalue weighted by Gasteiger charge is -2.40. The van der Waals surface area contributed by atoms with E-state index in [9.17, 15) is 17.6 Å². The molecule has 1 aliphatic heterocycles. The maximum Gasteiger partial charge on any atom is 0.316 e. The molecule has 0 bridgehead atoms. The lowest BCUT2D eigenvalue weighted by Crippen LogP contribution is -2.54. The number of carbonyl (C=O) groups excluding carboxylic acids is 1. The molecule has 3 aromatic carbocycles. The summed E-state index contributed by atoms with van der Waals surface area (Å²) in [5.74, 6) is -0.129. The van der Waals surface area contributed by atoms with Crippen LogP contribution in [-0.4, -0.2) is 25.5 Å². The molecule has 0 saturated heterocycles. The molecule has 1 fully saturated rings. The number of halogens is 1. The predicted molar refractivity (Wildman–Crippen MR) is 138 cm³/mol. The quantitative estimate of drug-likeness (QED) is 0.339. The van der Waals surface area contributed by atoms with Gasteiger partial charge in [-0.25, -0.2) is 12.8 Å². The first-order valence-electron chi connectivity index (χ1n) is 12.1. The minimum atomic E-state index is -4.16. The van der Waals surface area contributed by atoms with Crippen LogP contribution >= 0.6 is 0 Å². The van der Waals surface area contributed by atoms with Crippen molar-refractivity contribution >= 4 is 22.0 Å². The highest BCUT2D eigenvalue weighted by atomic mass is 32.2. The number of carbonyl (C=O) groups is 1. The van der Waals surface area contributed by atoms with Crippen molar-refractivity contribution in [1.82, 2.24) is 0 Å². The zero-order valence-corrected chi connectivity index (χ0v) is 20.9. The third kappa shape index (κ3) is 4.46. The van der Waals surface area contributed by atoms with Gasteiger partial charge >= 0.3 is 5.97 Å². The van der Waals surface area contributed by atoms with Gasteiger partial charge in [0.25, 0.3) is 0 Å². The molecule has 0 N–H and O–H groups in total. The summed E-state index contributed by atoms with van der Waals surface area (Å²) >= 11 is 0. The Labute approximate surface area is 215 Å². The van der Waals surface area contributed by atoms with Gasteiger partial charge < -0.3 is 9.47 Å². The van der Waals surface area contributed by atoms with Gasteiger partial charge in [0.05, 0.1) is 4.90 Å². The van der Waals surface area contributed by atoms with Crippen LogP contribution in [0.3, 0.4) is 0 Å². The number of aliphatic imine (C=N–C) groups is 1. The number of sulfone groups is 1. The van der Waals surface area contributed by atoms with Crippen molar-refractivity contribution in [3.8, 4) is 11.5 Å². The number of benzene rings is 3. The van der Waals surface area contributed by atoms with Gasteiger partial charge in [0, 0.05) is 6.21 Å². The van der Waals surface area contributed by atoms with Crippen LogP contribution in [0.25, 0.3) is 0 Å². The number of nitrogens with zero attached hydrogens (tertiary/aromatic N) is 1. The normalized spacial score (nSPS) is 20.1. The Bertz CT molecular complexity index is 1410. The van der Waals surface area contributed by atoms with E-state index in [4.69, 9.17) is 9.47 Å². The predicted octanol–water partition coefficient (Wildman–Crippen LogP) is 6.03. The molecule has 1 saturated carbocycles. The van der Waals surface area contributed by atoms with E-state index in [1.54, 1.807) is 6.08 Å². The highest BCUT2D eigenvalue weighted by Crippen LogP contribution is 2.55. The molecule has 0 amide bonds. The number of ether oxygens (including phenoxy) is 2.